The minimum absolute atomic E-state index is 0.137. The van der Waals surface area contributed by atoms with Gasteiger partial charge in [0.15, 0.2) is 0 Å². The van der Waals surface area contributed by atoms with Crippen LogP contribution in [0.25, 0.3) is 0 Å². The number of halogens is 4. The number of nitrogens with zero attached hydrogens (tertiary/aromatic N) is 2. The van der Waals surface area contributed by atoms with E-state index in [1.54, 1.807) is 32.9 Å². The van der Waals surface area contributed by atoms with Crippen molar-refractivity contribution in [3.63, 3.8) is 0 Å². The molecule has 0 aliphatic heterocycles. The SMILES string of the molecule is CC.CC.Cc1cc(C)nc(C(F)F)c1.Cc1ccnc(C(F)F)c1. The van der Waals surface area contributed by atoms with Crippen LogP contribution in [0.15, 0.2) is 30.5 Å². The predicted molar refractivity (Wildman–Crippen MR) is 95.3 cm³/mol. The van der Waals surface area contributed by atoms with Crippen LogP contribution < -0.4 is 0 Å². The number of hydrogen-bond acceptors (Lipinski definition) is 2. The third-order valence-corrected chi connectivity index (χ3v) is 2.50. The highest BCUT2D eigenvalue weighted by Crippen LogP contribution is 2.17. The molecule has 0 aliphatic carbocycles. The molecule has 0 aromatic carbocycles. The van der Waals surface area contributed by atoms with E-state index >= 15 is 0 Å². The number of aromatic nitrogens is 2. The summed E-state index contributed by atoms with van der Waals surface area (Å²) >= 11 is 0. The summed E-state index contributed by atoms with van der Waals surface area (Å²) in [4.78, 5) is 7.17. The molecule has 0 spiro atoms. The van der Waals surface area contributed by atoms with Crippen molar-refractivity contribution < 1.29 is 17.6 Å². The minimum Gasteiger partial charge on any atom is -0.255 e. The van der Waals surface area contributed by atoms with Crippen molar-refractivity contribution in [3.05, 3.63) is 58.7 Å². The second kappa shape index (κ2) is 14.4. The number of aryl methyl sites for hydroxylation is 3. The molecule has 2 rings (SSSR count). The van der Waals surface area contributed by atoms with E-state index in [1.807, 2.05) is 27.7 Å². The van der Waals surface area contributed by atoms with Crippen LogP contribution in [0.5, 0.6) is 0 Å². The van der Waals surface area contributed by atoms with Gasteiger partial charge in [-0.25, -0.2) is 17.6 Å². The van der Waals surface area contributed by atoms with Gasteiger partial charge in [0, 0.05) is 11.9 Å². The van der Waals surface area contributed by atoms with Gasteiger partial charge in [-0.2, -0.15) is 0 Å². The van der Waals surface area contributed by atoms with E-state index < -0.39 is 12.9 Å². The summed E-state index contributed by atoms with van der Waals surface area (Å²) in [6.45, 7) is 13.2. The number of pyridine rings is 2. The predicted octanol–water partition coefficient (Wildman–Crippen LogP) is 7.02. The molecule has 0 N–H and O–H groups in total. The maximum absolute atomic E-state index is 12.1. The van der Waals surface area contributed by atoms with Gasteiger partial charge in [-0.1, -0.05) is 27.7 Å². The molecule has 0 aliphatic rings. The van der Waals surface area contributed by atoms with Gasteiger partial charge in [-0.05, 0) is 56.2 Å². The molecular weight excluding hydrogens is 332 g/mol. The Bertz CT molecular complexity index is 567. The largest absolute Gasteiger partial charge is 0.280 e. The molecule has 0 radical (unpaired) electrons. The van der Waals surface area contributed by atoms with Gasteiger partial charge in [-0.15, -0.1) is 0 Å². The fourth-order valence-electron chi connectivity index (χ4n) is 1.66. The monoisotopic (exact) mass is 360 g/mol. The molecule has 0 saturated heterocycles. The van der Waals surface area contributed by atoms with E-state index in [-0.39, 0.29) is 11.4 Å². The third-order valence-electron chi connectivity index (χ3n) is 2.50. The Morgan fingerprint density at radius 2 is 1.20 bits per heavy atom. The fourth-order valence-corrected chi connectivity index (χ4v) is 1.66. The zero-order chi connectivity index (χ0) is 20.0. The van der Waals surface area contributed by atoms with Gasteiger partial charge in [-0.3, -0.25) is 9.97 Å². The molecule has 0 bridgehead atoms. The highest BCUT2D eigenvalue weighted by molar-refractivity contribution is 5.19. The zero-order valence-electron chi connectivity index (χ0n) is 15.9. The van der Waals surface area contributed by atoms with E-state index in [1.165, 1.54) is 18.3 Å². The lowest BCUT2D eigenvalue weighted by Crippen LogP contribution is -1.93. The summed E-state index contributed by atoms with van der Waals surface area (Å²) in [6.07, 6.45) is -3.54. The van der Waals surface area contributed by atoms with Crippen molar-refractivity contribution in [1.29, 1.82) is 0 Å². The first-order chi connectivity index (χ1) is 11.8. The van der Waals surface area contributed by atoms with Crippen LogP contribution in [0.1, 0.15) is 68.8 Å². The molecule has 2 heterocycles. The second-order valence-corrected chi connectivity index (χ2v) is 4.57. The van der Waals surface area contributed by atoms with E-state index in [2.05, 4.69) is 9.97 Å². The van der Waals surface area contributed by atoms with Gasteiger partial charge in [0.1, 0.15) is 11.4 Å². The van der Waals surface area contributed by atoms with Crippen LogP contribution in [0.2, 0.25) is 0 Å². The minimum atomic E-state index is -2.46. The molecular formula is C19H28F4N2. The van der Waals surface area contributed by atoms with Crippen molar-refractivity contribution in [3.8, 4) is 0 Å². The van der Waals surface area contributed by atoms with Crippen LogP contribution in [0.3, 0.4) is 0 Å². The van der Waals surface area contributed by atoms with Gasteiger partial charge in [0.05, 0.1) is 0 Å². The summed E-state index contributed by atoms with van der Waals surface area (Å²) in [5.74, 6) is 0. The molecule has 0 atom stereocenters. The Morgan fingerprint density at radius 1 is 0.720 bits per heavy atom. The smallest absolute Gasteiger partial charge is 0.255 e. The van der Waals surface area contributed by atoms with Crippen molar-refractivity contribution in [2.24, 2.45) is 0 Å². The van der Waals surface area contributed by atoms with Crippen LogP contribution in [0.4, 0.5) is 17.6 Å². The van der Waals surface area contributed by atoms with Gasteiger partial charge in [0.25, 0.3) is 12.9 Å². The first-order valence-corrected chi connectivity index (χ1v) is 8.23. The number of rotatable bonds is 2. The Labute approximate surface area is 148 Å². The first-order valence-electron chi connectivity index (χ1n) is 8.23. The number of alkyl halides is 4. The molecule has 0 amide bonds. The van der Waals surface area contributed by atoms with Crippen LogP contribution in [-0.4, -0.2) is 9.97 Å². The molecule has 6 heteroatoms. The molecule has 2 aromatic rings. The van der Waals surface area contributed by atoms with Crippen molar-refractivity contribution >= 4 is 0 Å². The maximum atomic E-state index is 12.1. The van der Waals surface area contributed by atoms with E-state index in [0.29, 0.717) is 5.69 Å². The van der Waals surface area contributed by atoms with E-state index in [9.17, 15) is 17.6 Å². The van der Waals surface area contributed by atoms with Crippen LogP contribution >= 0.6 is 0 Å². The lowest BCUT2D eigenvalue weighted by molar-refractivity contribution is 0.145. The van der Waals surface area contributed by atoms with Crippen molar-refractivity contribution in [1.82, 2.24) is 9.97 Å². The highest BCUT2D eigenvalue weighted by Gasteiger charge is 2.08. The van der Waals surface area contributed by atoms with Gasteiger partial charge >= 0.3 is 0 Å². The molecule has 0 saturated carbocycles. The van der Waals surface area contributed by atoms with Crippen molar-refractivity contribution in [2.75, 3.05) is 0 Å². The molecule has 0 fully saturated rings. The van der Waals surface area contributed by atoms with Crippen LogP contribution in [0, 0.1) is 20.8 Å². The quantitative estimate of drug-likeness (QED) is 0.538. The Kier molecular flexibility index (Phi) is 14.5. The highest BCUT2D eigenvalue weighted by atomic mass is 19.3. The maximum Gasteiger partial charge on any atom is 0.280 e. The third kappa shape index (κ3) is 11.2. The summed E-state index contributed by atoms with van der Waals surface area (Å²) < 4.78 is 47.9. The molecule has 2 aromatic heterocycles. The topological polar surface area (TPSA) is 25.8 Å². The second-order valence-electron chi connectivity index (χ2n) is 4.57. The van der Waals surface area contributed by atoms with E-state index in [0.717, 1.165) is 11.1 Å². The fraction of sp³-hybridized carbons (Fsp3) is 0.474. The summed E-state index contributed by atoms with van der Waals surface area (Å²) in [5, 5.41) is 0. The summed E-state index contributed by atoms with van der Waals surface area (Å²) in [6, 6.07) is 6.24. The van der Waals surface area contributed by atoms with Gasteiger partial charge < -0.3 is 0 Å². The zero-order valence-corrected chi connectivity index (χ0v) is 15.9. The average molecular weight is 360 g/mol. The normalized spacial score (nSPS) is 9.32. The molecule has 25 heavy (non-hydrogen) atoms. The molecule has 142 valence electrons. The summed E-state index contributed by atoms with van der Waals surface area (Å²) in [7, 11) is 0. The average Bonchev–Trinajstić information content (AvgIpc) is 2.58. The lowest BCUT2D eigenvalue weighted by Gasteiger charge is -2.01. The number of hydrogen-bond donors (Lipinski definition) is 0. The molecule has 0 unspecified atom stereocenters. The Hall–Kier alpha value is -1.98. The van der Waals surface area contributed by atoms with Crippen LogP contribution in [-0.2, 0) is 0 Å². The Morgan fingerprint density at radius 3 is 1.56 bits per heavy atom. The van der Waals surface area contributed by atoms with E-state index in [4.69, 9.17) is 0 Å². The van der Waals surface area contributed by atoms with Gasteiger partial charge in [0.2, 0.25) is 0 Å². The Balaban J connectivity index is 0. The first kappa shape index (κ1) is 25.3. The van der Waals surface area contributed by atoms with Crippen molar-refractivity contribution in [2.45, 2.75) is 61.3 Å². The summed E-state index contributed by atoms with van der Waals surface area (Å²) in [5.41, 5.74) is 1.99. The molecule has 2 nitrogen and oxygen atoms in total. The lowest BCUT2D eigenvalue weighted by atomic mass is 10.2. The standard InChI is InChI=1S/C8H9F2N.C7H7F2N.2C2H6/c1-5-3-6(2)11-7(4-5)8(9)10;1-5-2-3-10-6(4-5)7(8)9;2*1-2/h3-4,8H,1-2H3;2-4,7H,1H3;2*1-2H3.